The SMILES string of the molecule is C=C(N1CCC(CNC(=O)c2nc(-c3ccc(OC)c4nc(C(F)(F)F)ccc34)oc2[C@H](C)N)C1)C1(C)CC1. The van der Waals surface area contributed by atoms with Gasteiger partial charge in [-0.15, -0.1) is 0 Å². The van der Waals surface area contributed by atoms with Crippen LogP contribution < -0.4 is 15.8 Å². The fourth-order valence-electron chi connectivity index (χ4n) is 5.04. The third kappa shape index (κ3) is 5.19. The first-order chi connectivity index (χ1) is 18.4. The van der Waals surface area contributed by atoms with Crippen molar-refractivity contribution in [1.29, 1.82) is 0 Å². The maximum absolute atomic E-state index is 13.3. The van der Waals surface area contributed by atoms with Crippen LogP contribution in [0.2, 0.25) is 0 Å². The van der Waals surface area contributed by atoms with E-state index in [4.69, 9.17) is 14.9 Å². The molecule has 11 heteroatoms. The Kier molecular flexibility index (Phi) is 6.82. The molecule has 3 heterocycles. The Morgan fingerprint density at radius 1 is 1.31 bits per heavy atom. The number of carbonyl (C=O) groups is 1. The molecule has 1 saturated heterocycles. The van der Waals surface area contributed by atoms with Gasteiger partial charge in [-0.05, 0) is 56.4 Å². The van der Waals surface area contributed by atoms with E-state index < -0.39 is 23.8 Å². The van der Waals surface area contributed by atoms with E-state index in [1.807, 2.05) is 0 Å². The molecule has 2 fully saturated rings. The molecule has 1 unspecified atom stereocenters. The number of hydrogen-bond donors (Lipinski definition) is 2. The Morgan fingerprint density at radius 2 is 2.05 bits per heavy atom. The molecule has 2 atom stereocenters. The maximum atomic E-state index is 13.3. The summed E-state index contributed by atoms with van der Waals surface area (Å²) < 4.78 is 51.1. The maximum Gasteiger partial charge on any atom is 0.433 e. The molecule has 1 aliphatic carbocycles. The van der Waals surface area contributed by atoms with Gasteiger partial charge >= 0.3 is 6.18 Å². The van der Waals surface area contributed by atoms with Crippen molar-refractivity contribution in [2.24, 2.45) is 17.1 Å². The van der Waals surface area contributed by atoms with Crippen LogP contribution in [-0.2, 0) is 6.18 Å². The average Bonchev–Trinajstić information content (AvgIpc) is 3.30. The number of fused-ring (bicyclic) bond motifs is 1. The van der Waals surface area contributed by atoms with Crippen molar-refractivity contribution in [3.63, 3.8) is 0 Å². The van der Waals surface area contributed by atoms with E-state index in [9.17, 15) is 18.0 Å². The van der Waals surface area contributed by atoms with Gasteiger partial charge in [0.15, 0.2) is 11.5 Å². The summed E-state index contributed by atoms with van der Waals surface area (Å²) >= 11 is 0. The van der Waals surface area contributed by atoms with Gasteiger partial charge in [0.25, 0.3) is 5.91 Å². The standard InChI is InChI=1S/C28H32F3N5O3/c1-15(32)24-23(25(37)33-13-17-9-12-36(14-17)16(2)27(3)10-11-27)35-26(39-24)19-5-7-20(38-4)22-18(19)6-8-21(34-22)28(29,30)31/h5-8,15,17H,2,9-14,32H2,1,3-4H3,(H,33,37)/t15-,17?/m0/s1. The first kappa shape index (κ1) is 27.0. The minimum Gasteiger partial charge on any atom is -0.494 e. The molecule has 1 amide bonds. The number of pyridine rings is 1. The van der Waals surface area contributed by atoms with Crippen molar-refractivity contribution in [2.75, 3.05) is 26.7 Å². The van der Waals surface area contributed by atoms with Crippen LogP contribution in [0.3, 0.4) is 0 Å². The van der Waals surface area contributed by atoms with Gasteiger partial charge in [0.05, 0.1) is 13.2 Å². The summed E-state index contributed by atoms with van der Waals surface area (Å²) in [6.45, 7) is 10.4. The van der Waals surface area contributed by atoms with Crippen LogP contribution in [-0.4, -0.2) is 47.5 Å². The Labute approximate surface area is 224 Å². The van der Waals surface area contributed by atoms with E-state index in [1.54, 1.807) is 13.0 Å². The second kappa shape index (κ2) is 9.86. The van der Waals surface area contributed by atoms with Crippen LogP contribution in [0.15, 0.2) is 41.0 Å². The summed E-state index contributed by atoms with van der Waals surface area (Å²) in [4.78, 5) is 23.7. The lowest BCUT2D eigenvalue weighted by atomic mass is 10.1. The molecule has 1 aliphatic heterocycles. The van der Waals surface area contributed by atoms with Crippen LogP contribution in [0.5, 0.6) is 5.75 Å². The molecule has 8 nitrogen and oxygen atoms in total. The van der Waals surface area contributed by atoms with Crippen LogP contribution in [0.4, 0.5) is 13.2 Å². The molecule has 2 aliphatic rings. The third-order valence-electron chi connectivity index (χ3n) is 7.76. The summed E-state index contributed by atoms with van der Waals surface area (Å²) in [6, 6.07) is 4.63. The molecule has 3 aromatic rings. The van der Waals surface area contributed by atoms with Crippen molar-refractivity contribution in [1.82, 2.24) is 20.2 Å². The first-order valence-electron chi connectivity index (χ1n) is 13.0. The van der Waals surface area contributed by atoms with Gasteiger partial charge in [-0.25, -0.2) is 9.97 Å². The van der Waals surface area contributed by atoms with Crippen molar-refractivity contribution in [2.45, 2.75) is 45.3 Å². The van der Waals surface area contributed by atoms with Crippen LogP contribution in [0.25, 0.3) is 22.4 Å². The number of methoxy groups -OCH3 is 1. The first-order valence-corrected chi connectivity index (χ1v) is 13.0. The molecule has 208 valence electrons. The zero-order valence-corrected chi connectivity index (χ0v) is 22.2. The van der Waals surface area contributed by atoms with Crippen molar-refractivity contribution in [3.8, 4) is 17.2 Å². The zero-order valence-electron chi connectivity index (χ0n) is 22.2. The predicted octanol–water partition coefficient (Wildman–Crippen LogP) is 5.30. The highest BCUT2D eigenvalue weighted by Crippen LogP contribution is 2.52. The Balaban J connectivity index is 1.38. The van der Waals surface area contributed by atoms with Gasteiger partial charge in [-0.1, -0.05) is 13.5 Å². The molecule has 3 N–H and O–H groups in total. The third-order valence-corrected chi connectivity index (χ3v) is 7.76. The van der Waals surface area contributed by atoms with Crippen molar-refractivity contribution < 1.29 is 27.1 Å². The van der Waals surface area contributed by atoms with Crippen LogP contribution in [0, 0.1) is 11.3 Å². The lowest BCUT2D eigenvalue weighted by Gasteiger charge is -2.26. The van der Waals surface area contributed by atoms with Gasteiger partial charge in [-0.2, -0.15) is 13.2 Å². The molecule has 1 aromatic carbocycles. The number of carbonyl (C=O) groups excluding carboxylic acids is 1. The lowest BCUT2D eigenvalue weighted by Crippen LogP contribution is -2.32. The number of aromatic nitrogens is 2. The summed E-state index contributed by atoms with van der Waals surface area (Å²) in [6.07, 6.45) is -1.34. The zero-order chi connectivity index (χ0) is 28.1. The molecule has 0 spiro atoms. The molecular weight excluding hydrogens is 511 g/mol. The number of likely N-dealkylation sites (tertiary alicyclic amines) is 1. The van der Waals surface area contributed by atoms with Crippen molar-refractivity contribution >= 4 is 16.8 Å². The van der Waals surface area contributed by atoms with E-state index >= 15 is 0 Å². The molecular formula is C28H32F3N5O3. The number of benzene rings is 1. The number of rotatable bonds is 8. The summed E-state index contributed by atoms with van der Waals surface area (Å²) in [5.41, 5.74) is 6.87. The highest BCUT2D eigenvalue weighted by atomic mass is 19.4. The number of hydrogen-bond acceptors (Lipinski definition) is 7. The minimum atomic E-state index is -4.62. The molecule has 39 heavy (non-hydrogen) atoms. The van der Waals surface area contributed by atoms with Crippen LogP contribution in [0.1, 0.15) is 61.1 Å². The predicted molar refractivity (Wildman–Crippen MR) is 140 cm³/mol. The molecule has 1 saturated carbocycles. The Hall–Kier alpha value is -3.60. The second-order valence-corrected chi connectivity index (χ2v) is 10.7. The molecule has 5 rings (SSSR count). The average molecular weight is 544 g/mol. The fraction of sp³-hybridized carbons (Fsp3) is 0.464. The number of nitrogens with zero attached hydrogens (tertiary/aromatic N) is 3. The molecule has 0 radical (unpaired) electrons. The molecule has 0 bridgehead atoms. The smallest absolute Gasteiger partial charge is 0.433 e. The number of halogens is 3. The largest absolute Gasteiger partial charge is 0.494 e. The summed E-state index contributed by atoms with van der Waals surface area (Å²) in [7, 11) is 1.35. The van der Waals surface area contributed by atoms with Crippen molar-refractivity contribution in [3.05, 3.63) is 53.7 Å². The second-order valence-electron chi connectivity index (χ2n) is 10.7. The van der Waals surface area contributed by atoms with E-state index in [2.05, 4.69) is 33.7 Å². The topological polar surface area (TPSA) is 107 Å². The van der Waals surface area contributed by atoms with Crippen LogP contribution >= 0.6 is 0 Å². The number of nitrogens with one attached hydrogen (secondary N) is 1. The van der Waals surface area contributed by atoms with E-state index in [0.29, 0.717) is 17.5 Å². The lowest BCUT2D eigenvalue weighted by molar-refractivity contribution is -0.140. The highest BCUT2D eigenvalue weighted by Gasteiger charge is 2.43. The molecule has 2 aromatic heterocycles. The number of nitrogens with two attached hydrogens (primary N) is 1. The fourth-order valence-corrected chi connectivity index (χ4v) is 5.04. The van der Waals surface area contributed by atoms with Gasteiger partial charge in [0.2, 0.25) is 5.89 Å². The quantitative estimate of drug-likeness (QED) is 0.397. The monoisotopic (exact) mass is 543 g/mol. The normalized spacial score (nSPS) is 19.3. The van der Waals surface area contributed by atoms with E-state index in [1.165, 1.54) is 37.8 Å². The van der Waals surface area contributed by atoms with Gasteiger partial charge < -0.3 is 25.1 Å². The summed E-state index contributed by atoms with van der Waals surface area (Å²) in [5.74, 6) is 0.273. The van der Waals surface area contributed by atoms with Gasteiger partial charge in [0, 0.05) is 41.7 Å². The number of amides is 1. The number of alkyl halides is 3. The number of allylic oxidation sites excluding steroid dienone is 1. The summed E-state index contributed by atoms with van der Waals surface area (Å²) in [5, 5.41) is 3.30. The van der Waals surface area contributed by atoms with Gasteiger partial charge in [-0.3, -0.25) is 4.79 Å². The van der Waals surface area contributed by atoms with E-state index in [0.717, 1.165) is 25.6 Å². The number of oxazole rings is 1. The van der Waals surface area contributed by atoms with Gasteiger partial charge in [0.1, 0.15) is 17.0 Å². The minimum absolute atomic E-state index is 0.00352. The Morgan fingerprint density at radius 3 is 2.69 bits per heavy atom. The van der Waals surface area contributed by atoms with E-state index in [-0.39, 0.29) is 39.9 Å². The Bertz CT molecular complexity index is 1430. The number of ether oxygens (including phenoxy) is 1. The highest BCUT2D eigenvalue weighted by molar-refractivity contribution is 5.98.